The van der Waals surface area contributed by atoms with Crippen LogP contribution in [0.2, 0.25) is 0 Å². The molecule has 0 amide bonds. The van der Waals surface area contributed by atoms with Gasteiger partial charge in [0.05, 0.1) is 12.8 Å². The molecule has 0 aromatic carbocycles. The molecule has 166 valence electrons. The van der Waals surface area contributed by atoms with Crippen LogP contribution in [0.5, 0.6) is 0 Å². The molecule has 0 aromatic rings. The van der Waals surface area contributed by atoms with E-state index in [-0.39, 0.29) is 0 Å². The summed E-state index contributed by atoms with van der Waals surface area (Å²) in [7, 11) is 0. The standard InChI is InChI=1S/C5H12N2O2.2C5H6O5/c6-3-1-2-4(7)5(8)9;2*6-3(5(9)10)1-2-4(7)8/h4H,1-3,6-7H2,(H,8,9);2*1-2H2,(H,7,8)(H,9,10). The molecule has 0 heterocycles. The van der Waals surface area contributed by atoms with Crippen LogP contribution in [-0.4, -0.2) is 79.5 Å². The lowest BCUT2D eigenvalue weighted by atomic mass is 10.2. The monoisotopic (exact) mass is 424 g/mol. The molecule has 0 saturated carbocycles. The van der Waals surface area contributed by atoms with Crippen molar-refractivity contribution in [2.45, 2.75) is 44.6 Å². The molecule has 1 atom stereocenters. The van der Waals surface area contributed by atoms with Crippen molar-refractivity contribution in [3.05, 3.63) is 0 Å². The summed E-state index contributed by atoms with van der Waals surface area (Å²) in [6.07, 6.45) is -0.592. The zero-order valence-electron chi connectivity index (χ0n) is 15.3. The maximum atomic E-state index is 10.2. The van der Waals surface area contributed by atoms with Crippen molar-refractivity contribution in [2.24, 2.45) is 11.5 Å². The van der Waals surface area contributed by atoms with Gasteiger partial charge >= 0.3 is 29.8 Å². The number of Topliss-reactive ketones (excluding diaryl/α,β-unsaturated/α-hetero) is 2. The van der Waals surface area contributed by atoms with Gasteiger partial charge in [0.2, 0.25) is 11.6 Å². The fourth-order valence-corrected chi connectivity index (χ4v) is 1.12. The highest BCUT2D eigenvalue weighted by Crippen LogP contribution is 1.91. The van der Waals surface area contributed by atoms with Crippen molar-refractivity contribution in [2.75, 3.05) is 6.54 Å². The molecule has 0 rings (SSSR count). The van der Waals surface area contributed by atoms with Crippen LogP contribution in [0.15, 0.2) is 0 Å². The molecule has 0 fully saturated rings. The van der Waals surface area contributed by atoms with Crippen LogP contribution in [0.3, 0.4) is 0 Å². The van der Waals surface area contributed by atoms with Crippen molar-refractivity contribution < 1.29 is 59.1 Å². The Hall–Kier alpha value is -3.39. The van der Waals surface area contributed by atoms with Crippen LogP contribution < -0.4 is 11.5 Å². The van der Waals surface area contributed by atoms with Gasteiger partial charge in [-0.3, -0.25) is 24.0 Å². The summed E-state index contributed by atoms with van der Waals surface area (Å²) in [5.41, 5.74) is 10.3. The average Bonchev–Trinajstić information content (AvgIpc) is 2.62. The van der Waals surface area contributed by atoms with Gasteiger partial charge in [0.15, 0.2) is 0 Å². The number of hydrogen-bond donors (Lipinski definition) is 7. The first-order valence-electron chi connectivity index (χ1n) is 7.90. The second-order valence-corrected chi connectivity index (χ2v) is 5.12. The Labute approximate surface area is 164 Å². The quantitative estimate of drug-likeness (QED) is 0.169. The Morgan fingerprint density at radius 1 is 0.655 bits per heavy atom. The fourth-order valence-electron chi connectivity index (χ4n) is 1.12. The zero-order valence-corrected chi connectivity index (χ0v) is 15.3. The van der Waals surface area contributed by atoms with E-state index in [1.165, 1.54) is 0 Å². The highest BCUT2D eigenvalue weighted by Gasteiger charge is 2.13. The molecule has 0 saturated heterocycles. The van der Waals surface area contributed by atoms with Gasteiger partial charge in [-0.1, -0.05) is 0 Å². The minimum Gasteiger partial charge on any atom is -0.481 e. The maximum absolute atomic E-state index is 10.2. The smallest absolute Gasteiger partial charge is 0.372 e. The molecule has 14 nitrogen and oxygen atoms in total. The Balaban J connectivity index is -0.000000350. The Morgan fingerprint density at radius 3 is 1.21 bits per heavy atom. The minimum absolute atomic E-state index is 0.425. The number of carboxylic acids is 5. The molecule has 0 aromatic heterocycles. The van der Waals surface area contributed by atoms with Crippen molar-refractivity contribution in [1.29, 1.82) is 0 Å². The predicted molar refractivity (Wildman–Crippen MR) is 92.9 cm³/mol. The van der Waals surface area contributed by atoms with E-state index >= 15 is 0 Å². The molecule has 9 N–H and O–H groups in total. The molecule has 1 unspecified atom stereocenters. The Bertz CT molecular complexity index is 562. The summed E-state index contributed by atoms with van der Waals surface area (Å²) in [6.45, 7) is 0.501. The number of carbonyl (C=O) groups is 7. The van der Waals surface area contributed by atoms with Crippen LogP contribution in [0, 0.1) is 0 Å². The van der Waals surface area contributed by atoms with Crippen molar-refractivity contribution in [3.63, 3.8) is 0 Å². The van der Waals surface area contributed by atoms with Gasteiger partial charge in [0.1, 0.15) is 6.04 Å². The molecule has 0 aliphatic carbocycles. The van der Waals surface area contributed by atoms with Crippen molar-refractivity contribution in [1.82, 2.24) is 0 Å². The summed E-state index contributed by atoms with van der Waals surface area (Å²) in [5, 5.41) is 40.1. The Morgan fingerprint density at radius 2 is 1.00 bits per heavy atom. The third kappa shape index (κ3) is 24.6. The average molecular weight is 424 g/mol. The van der Waals surface area contributed by atoms with Gasteiger partial charge < -0.3 is 37.0 Å². The van der Waals surface area contributed by atoms with Gasteiger partial charge in [-0.05, 0) is 19.4 Å². The van der Waals surface area contributed by atoms with Crippen LogP contribution >= 0.6 is 0 Å². The normalized spacial score (nSPS) is 10.1. The predicted octanol–water partition coefficient (Wildman–Crippen LogP) is -1.85. The molecule has 0 radical (unpaired) electrons. The van der Waals surface area contributed by atoms with Crippen LogP contribution in [0.25, 0.3) is 0 Å². The summed E-state index contributed by atoms with van der Waals surface area (Å²) < 4.78 is 0. The minimum atomic E-state index is -1.58. The van der Waals surface area contributed by atoms with E-state index in [2.05, 4.69) is 0 Å². The number of rotatable bonds is 12. The lowest BCUT2D eigenvalue weighted by Gasteiger charge is -2.02. The number of nitrogens with two attached hydrogens (primary N) is 2. The van der Waals surface area contributed by atoms with Gasteiger partial charge in [-0.15, -0.1) is 0 Å². The lowest BCUT2D eigenvalue weighted by molar-refractivity contribution is -0.150. The summed E-state index contributed by atoms with van der Waals surface area (Å²) >= 11 is 0. The first-order chi connectivity index (χ1) is 13.3. The third-order valence-electron chi connectivity index (χ3n) is 2.65. The van der Waals surface area contributed by atoms with E-state index in [1.807, 2.05) is 0 Å². The molecule has 14 heteroatoms. The molecule has 0 spiro atoms. The number of carboxylic acid groups (broad SMARTS) is 5. The molecular formula is C15H24N2O12. The molecule has 0 bridgehead atoms. The second-order valence-electron chi connectivity index (χ2n) is 5.12. The fraction of sp³-hybridized carbons (Fsp3) is 0.533. The van der Waals surface area contributed by atoms with Gasteiger partial charge in [-0.25, -0.2) is 9.59 Å². The Kier molecular flexibility index (Phi) is 18.8. The van der Waals surface area contributed by atoms with E-state index in [0.717, 1.165) is 0 Å². The first kappa shape index (κ1) is 30.3. The summed E-state index contributed by atoms with van der Waals surface area (Å²) in [6, 6.07) is -0.742. The molecule has 0 aliphatic rings. The highest BCUT2D eigenvalue weighted by atomic mass is 16.4. The molecular weight excluding hydrogens is 400 g/mol. The third-order valence-corrected chi connectivity index (χ3v) is 2.65. The summed E-state index contributed by atoms with van der Waals surface area (Å²) in [5.74, 6) is -8.60. The molecule has 0 aliphatic heterocycles. The number of carbonyl (C=O) groups excluding carboxylic acids is 2. The zero-order chi connectivity index (χ0) is 23.6. The lowest BCUT2D eigenvalue weighted by Crippen LogP contribution is -2.30. The van der Waals surface area contributed by atoms with E-state index in [9.17, 15) is 33.6 Å². The van der Waals surface area contributed by atoms with Gasteiger partial charge in [0, 0.05) is 12.8 Å². The number of hydrogen-bond acceptors (Lipinski definition) is 9. The molecule has 29 heavy (non-hydrogen) atoms. The SMILES string of the molecule is NCCCC(N)C(=O)O.O=C(O)CCC(=O)C(=O)O.O=C(O)CCC(=O)C(=O)O. The van der Waals surface area contributed by atoms with Gasteiger partial charge in [0.25, 0.3) is 0 Å². The van der Waals surface area contributed by atoms with Gasteiger partial charge in [-0.2, -0.15) is 0 Å². The number of aliphatic carboxylic acids is 5. The summed E-state index contributed by atoms with van der Waals surface area (Å²) in [4.78, 5) is 69.5. The largest absolute Gasteiger partial charge is 0.481 e. The van der Waals surface area contributed by atoms with Crippen molar-refractivity contribution >= 4 is 41.4 Å². The maximum Gasteiger partial charge on any atom is 0.372 e. The van der Waals surface area contributed by atoms with E-state index in [4.69, 9.17) is 37.0 Å². The first-order valence-corrected chi connectivity index (χ1v) is 7.90. The number of ketones is 2. The van der Waals surface area contributed by atoms with Crippen LogP contribution in [-0.2, 0) is 33.6 Å². The van der Waals surface area contributed by atoms with E-state index in [0.29, 0.717) is 19.4 Å². The highest BCUT2D eigenvalue weighted by molar-refractivity contribution is 6.33. The van der Waals surface area contributed by atoms with Crippen LogP contribution in [0.4, 0.5) is 0 Å². The van der Waals surface area contributed by atoms with Crippen LogP contribution in [0.1, 0.15) is 38.5 Å². The van der Waals surface area contributed by atoms with Crippen molar-refractivity contribution in [3.8, 4) is 0 Å². The second kappa shape index (κ2) is 18.0. The van der Waals surface area contributed by atoms with E-state index in [1.54, 1.807) is 0 Å². The topological polar surface area (TPSA) is 273 Å². The van der Waals surface area contributed by atoms with E-state index < -0.39 is 73.1 Å².